The molecule has 0 aromatic carbocycles. The van der Waals surface area contributed by atoms with Crippen molar-refractivity contribution in [2.45, 2.75) is 24.9 Å². The van der Waals surface area contributed by atoms with E-state index < -0.39 is 23.8 Å². The molecule has 5 heteroatoms. The first-order valence-electron chi connectivity index (χ1n) is 5.02. The molecule has 1 aliphatic heterocycles. The maximum absolute atomic E-state index is 11.4. The lowest BCUT2D eigenvalue weighted by atomic mass is 9.92. The molecule has 1 heterocycles. The van der Waals surface area contributed by atoms with Crippen LogP contribution >= 0.6 is 0 Å². The van der Waals surface area contributed by atoms with Crippen LogP contribution in [0.1, 0.15) is 19.3 Å². The van der Waals surface area contributed by atoms with E-state index in [1.165, 1.54) is 7.11 Å². The van der Waals surface area contributed by atoms with Crippen LogP contribution in [-0.4, -0.2) is 36.4 Å². The minimum absolute atomic E-state index is 0.359. The van der Waals surface area contributed by atoms with Gasteiger partial charge in [-0.25, -0.2) is 0 Å². The summed E-state index contributed by atoms with van der Waals surface area (Å²) in [4.78, 5) is 22.4. The van der Waals surface area contributed by atoms with E-state index in [1.807, 2.05) is 0 Å². The summed E-state index contributed by atoms with van der Waals surface area (Å²) in [5.74, 6) is -2.57. The van der Waals surface area contributed by atoms with Crippen molar-refractivity contribution in [3.8, 4) is 0 Å². The first-order valence-corrected chi connectivity index (χ1v) is 5.02. The van der Waals surface area contributed by atoms with Gasteiger partial charge in [-0.15, -0.1) is 0 Å². The van der Waals surface area contributed by atoms with E-state index in [1.54, 1.807) is 0 Å². The molecule has 1 saturated carbocycles. The smallest absolute Gasteiger partial charge is 0.309 e. The van der Waals surface area contributed by atoms with Gasteiger partial charge in [-0.2, -0.15) is 0 Å². The molecule has 84 valence electrons. The van der Waals surface area contributed by atoms with E-state index in [0.29, 0.717) is 19.4 Å². The SMILES string of the molecule is COC(=O)C1CC2(CCO2)CC1C(=O)O. The average Bonchev–Trinajstić information content (AvgIpc) is 2.56. The van der Waals surface area contributed by atoms with Crippen LogP contribution < -0.4 is 0 Å². The highest BCUT2D eigenvalue weighted by molar-refractivity contribution is 5.82. The van der Waals surface area contributed by atoms with Crippen LogP contribution in [-0.2, 0) is 19.1 Å². The number of carboxylic acids is 1. The molecule has 0 amide bonds. The first kappa shape index (κ1) is 10.4. The molecule has 0 radical (unpaired) electrons. The quantitative estimate of drug-likeness (QED) is 0.675. The summed E-state index contributed by atoms with van der Waals surface area (Å²) in [6.07, 6.45) is 1.77. The second kappa shape index (κ2) is 3.48. The molecule has 1 saturated heterocycles. The minimum atomic E-state index is -0.933. The molecule has 0 aromatic rings. The van der Waals surface area contributed by atoms with E-state index in [9.17, 15) is 9.59 Å². The van der Waals surface area contributed by atoms with Crippen molar-refractivity contribution >= 4 is 11.9 Å². The van der Waals surface area contributed by atoms with Crippen LogP contribution in [0.5, 0.6) is 0 Å². The van der Waals surface area contributed by atoms with Crippen molar-refractivity contribution in [2.75, 3.05) is 13.7 Å². The molecule has 0 aromatic heterocycles. The topological polar surface area (TPSA) is 72.8 Å². The van der Waals surface area contributed by atoms with E-state index in [4.69, 9.17) is 9.84 Å². The number of esters is 1. The Balaban J connectivity index is 2.14. The Labute approximate surface area is 87.4 Å². The zero-order valence-corrected chi connectivity index (χ0v) is 8.56. The van der Waals surface area contributed by atoms with Crippen LogP contribution in [0.4, 0.5) is 0 Å². The van der Waals surface area contributed by atoms with Crippen LogP contribution in [0.2, 0.25) is 0 Å². The van der Waals surface area contributed by atoms with Gasteiger partial charge >= 0.3 is 11.9 Å². The van der Waals surface area contributed by atoms with Gasteiger partial charge < -0.3 is 14.6 Å². The third-order valence-corrected chi connectivity index (χ3v) is 3.46. The molecule has 3 atom stereocenters. The molecule has 0 bridgehead atoms. The van der Waals surface area contributed by atoms with Crippen LogP contribution in [0.15, 0.2) is 0 Å². The van der Waals surface area contributed by atoms with Gasteiger partial charge in [0.05, 0.1) is 31.2 Å². The number of aliphatic carboxylic acids is 1. The molecule has 15 heavy (non-hydrogen) atoms. The standard InChI is InChI=1S/C10H14O5/c1-14-9(13)7-5-10(2-3-15-10)4-6(7)8(11)12/h6-7H,2-5H2,1H3,(H,11,12). The van der Waals surface area contributed by atoms with Gasteiger partial charge in [-0.3, -0.25) is 9.59 Å². The average molecular weight is 214 g/mol. The van der Waals surface area contributed by atoms with Crippen molar-refractivity contribution in [1.82, 2.24) is 0 Å². The summed E-state index contributed by atoms with van der Waals surface area (Å²) in [7, 11) is 1.29. The fourth-order valence-electron chi connectivity index (χ4n) is 2.54. The van der Waals surface area contributed by atoms with Crippen LogP contribution in [0.3, 0.4) is 0 Å². The van der Waals surface area contributed by atoms with Gasteiger partial charge in [0.1, 0.15) is 0 Å². The Hall–Kier alpha value is -1.10. The highest BCUT2D eigenvalue weighted by Crippen LogP contribution is 2.48. The predicted molar refractivity (Wildman–Crippen MR) is 49.2 cm³/mol. The monoisotopic (exact) mass is 214 g/mol. The largest absolute Gasteiger partial charge is 0.481 e. The van der Waals surface area contributed by atoms with Gasteiger partial charge in [0, 0.05) is 0 Å². The Morgan fingerprint density at radius 2 is 2.00 bits per heavy atom. The number of rotatable bonds is 2. The van der Waals surface area contributed by atoms with Crippen LogP contribution in [0, 0.1) is 11.8 Å². The Bertz CT molecular complexity index is 294. The number of carbonyl (C=O) groups excluding carboxylic acids is 1. The van der Waals surface area contributed by atoms with Gasteiger partial charge in [0.15, 0.2) is 0 Å². The lowest BCUT2D eigenvalue weighted by molar-refractivity contribution is -0.155. The molecule has 3 unspecified atom stereocenters. The van der Waals surface area contributed by atoms with E-state index >= 15 is 0 Å². The lowest BCUT2D eigenvalue weighted by Crippen LogP contribution is -2.41. The van der Waals surface area contributed by atoms with Gasteiger partial charge in [0.25, 0.3) is 0 Å². The predicted octanol–water partition coefficient (Wildman–Crippen LogP) is 0.429. The summed E-state index contributed by atoms with van der Waals surface area (Å²) in [6, 6.07) is 0. The third-order valence-electron chi connectivity index (χ3n) is 3.46. The molecule has 2 aliphatic rings. The Morgan fingerprint density at radius 1 is 1.40 bits per heavy atom. The zero-order valence-electron chi connectivity index (χ0n) is 8.56. The number of methoxy groups -OCH3 is 1. The fourth-order valence-corrected chi connectivity index (χ4v) is 2.54. The number of hydrogen-bond donors (Lipinski definition) is 1. The molecule has 1 aliphatic carbocycles. The summed E-state index contributed by atoms with van der Waals surface area (Å²) in [5, 5.41) is 9.02. The van der Waals surface area contributed by atoms with Crippen molar-refractivity contribution < 1.29 is 24.2 Å². The van der Waals surface area contributed by atoms with E-state index in [-0.39, 0.29) is 5.60 Å². The molecule has 1 N–H and O–H groups in total. The second-order valence-corrected chi connectivity index (χ2v) is 4.26. The molecule has 1 spiro atoms. The maximum atomic E-state index is 11.4. The summed E-state index contributed by atoms with van der Waals surface area (Å²) in [5.41, 5.74) is -0.359. The second-order valence-electron chi connectivity index (χ2n) is 4.26. The highest BCUT2D eigenvalue weighted by atomic mass is 16.5. The Kier molecular flexibility index (Phi) is 2.42. The van der Waals surface area contributed by atoms with Gasteiger partial charge in [-0.05, 0) is 19.3 Å². The number of carboxylic acid groups (broad SMARTS) is 1. The number of carbonyl (C=O) groups is 2. The van der Waals surface area contributed by atoms with Gasteiger partial charge in [0.2, 0.25) is 0 Å². The van der Waals surface area contributed by atoms with Crippen LogP contribution in [0.25, 0.3) is 0 Å². The Morgan fingerprint density at radius 3 is 2.40 bits per heavy atom. The van der Waals surface area contributed by atoms with Crippen molar-refractivity contribution in [3.05, 3.63) is 0 Å². The fraction of sp³-hybridized carbons (Fsp3) is 0.800. The third kappa shape index (κ3) is 1.61. The van der Waals surface area contributed by atoms with Crippen molar-refractivity contribution in [1.29, 1.82) is 0 Å². The summed E-state index contributed by atoms with van der Waals surface area (Å²) >= 11 is 0. The number of ether oxygens (including phenoxy) is 2. The minimum Gasteiger partial charge on any atom is -0.481 e. The summed E-state index contributed by atoms with van der Waals surface area (Å²) in [6.45, 7) is 0.667. The molecule has 5 nitrogen and oxygen atoms in total. The summed E-state index contributed by atoms with van der Waals surface area (Å²) < 4.78 is 10.0. The maximum Gasteiger partial charge on any atom is 0.309 e. The van der Waals surface area contributed by atoms with E-state index in [0.717, 1.165) is 6.42 Å². The van der Waals surface area contributed by atoms with E-state index in [2.05, 4.69) is 4.74 Å². The highest BCUT2D eigenvalue weighted by Gasteiger charge is 2.55. The zero-order chi connectivity index (χ0) is 11.1. The first-order chi connectivity index (χ1) is 7.08. The normalized spacial score (nSPS) is 38.7. The van der Waals surface area contributed by atoms with Gasteiger partial charge in [-0.1, -0.05) is 0 Å². The number of hydrogen-bond acceptors (Lipinski definition) is 4. The molecular formula is C10H14O5. The molecule has 2 fully saturated rings. The van der Waals surface area contributed by atoms with Crippen molar-refractivity contribution in [2.24, 2.45) is 11.8 Å². The molecule has 2 rings (SSSR count). The molecular weight excluding hydrogens is 200 g/mol. The van der Waals surface area contributed by atoms with Crippen molar-refractivity contribution in [3.63, 3.8) is 0 Å². The lowest BCUT2D eigenvalue weighted by Gasteiger charge is -2.38.